The first kappa shape index (κ1) is 11.7. The van der Waals surface area contributed by atoms with Crippen molar-refractivity contribution in [2.75, 3.05) is 0 Å². The van der Waals surface area contributed by atoms with E-state index in [0.29, 0.717) is 10.6 Å². The molecule has 0 spiro atoms. The molecule has 0 aliphatic rings. The first-order chi connectivity index (χ1) is 8.25. The predicted octanol–water partition coefficient (Wildman–Crippen LogP) is 3.70. The summed E-state index contributed by atoms with van der Waals surface area (Å²) in [5, 5.41) is 0.601. The molecule has 2 rings (SSSR count). The van der Waals surface area contributed by atoms with Crippen molar-refractivity contribution in [1.82, 2.24) is 0 Å². The summed E-state index contributed by atoms with van der Waals surface area (Å²) in [7, 11) is 0. The van der Waals surface area contributed by atoms with E-state index in [1.165, 1.54) is 0 Å². The number of hydrogen-bond donors (Lipinski definition) is 0. The lowest BCUT2D eigenvalue weighted by atomic mass is 10.2. The molecule has 0 saturated carbocycles. The van der Waals surface area contributed by atoms with Gasteiger partial charge in [0.15, 0.2) is 0 Å². The average Bonchev–Trinajstić information content (AvgIpc) is 2.38. The van der Waals surface area contributed by atoms with Gasteiger partial charge in [0.05, 0.1) is 5.56 Å². The van der Waals surface area contributed by atoms with Gasteiger partial charge in [-0.2, -0.15) is 0 Å². The van der Waals surface area contributed by atoms with Crippen molar-refractivity contribution in [2.24, 2.45) is 0 Å². The third kappa shape index (κ3) is 3.33. The molecule has 0 fully saturated rings. The van der Waals surface area contributed by atoms with Crippen LogP contribution in [0.4, 0.5) is 0 Å². The van der Waals surface area contributed by atoms with Crippen molar-refractivity contribution in [1.29, 1.82) is 0 Å². The highest BCUT2D eigenvalue weighted by atomic mass is 35.5. The molecule has 0 radical (unpaired) electrons. The van der Waals surface area contributed by atoms with E-state index in [1.807, 2.05) is 30.3 Å². The number of rotatable bonds is 3. The summed E-state index contributed by atoms with van der Waals surface area (Å²) in [5.74, 6) is -0.342. The topological polar surface area (TPSA) is 26.3 Å². The van der Waals surface area contributed by atoms with Gasteiger partial charge in [0.1, 0.15) is 6.61 Å². The van der Waals surface area contributed by atoms with Gasteiger partial charge >= 0.3 is 5.97 Å². The molecule has 3 heteroatoms. The maximum Gasteiger partial charge on any atom is 0.338 e. The number of carbonyl (C=O) groups is 1. The van der Waals surface area contributed by atoms with Gasteiger partial charge in [-0.05, 0) is 29.8 Å². The van der Waals surface area contributed by atoms with Crippen LogP contribution in [0.25, 0.3) is 0 Å². The number of hydrogen-bond acceptors (Lipinski definition) is 2. The third-order valence-electron chi connectivity index (χ3n) is 2.29. The molecule has 0 aromatic heterocycles. The van der Waals surface area contributed by atoms with Crippen LogP contribution in [0, 0.1) is 0 Å². The highest BCUT2D eigenvalue weighted by Crippen LogP contribution is 2.11. The van der Waals surface area contributed by atoms with Gasteiger partial charge in [-0.1, -0.05) is 41.9 Å². The highest BCUT2D eigenvalue weighted by Gasteiger charge is 2.06. The van der Waals surface area contributed by atoms with Gasteiger partial charge in [0.25, 0.3) is 0 Å². The number of benzene rings is 2. The zero-order chi connectivity index (χ0) is 12.1. The van der Waals surface area contributed by atoms with Gasteiger partial charge < -0.3 is 4.74 Å². The maximum atomic E-state index is 11.7. The molecular formula is C14H11ClO2. The van der Waals surface area contributed by atoms with Crippen LogP contribution in [0.15, 0.2) is 54.6 Å². The number of esters is 1. The normalized spacial score (nSPS) is 9.94. The Bertz CT molecular complexity index is 491. The van der Waals surface area contributed by atoms with E-state index in [1.54, 1.807) is 24.3 Å². The lowest BCUT2D eigenvalue weighted by Crippen LogP contribution is -2.04. The molecule has 0 bridgehead atoms. The summed E-state index contributed by atoms with van der Waals surface area (Å²) in [6, 6.07) is 16.2. The molecule has 2 nitrogen and oxygen atoms in total. The van der Waals surface area contributed by atoms with Crippen molar-refractivity contribution in [2.45, 2.75) is 6.61 Å². The zero-order valence-corrected chi connectivity index (χ0v) is 9.85. The maximum absolute atomic E-state index is 11.7. The van der Waals surface area contributed by atoms with Crippen molar-refractivity contribution in [3.8, 4) is 0 Å². The standard InChI is InChI=1S/C14H11ClO2/c15-13-8-6-12(7-9-13)14(16)17-10-11-4-2-1-3-5-11/h1-9H,10H2. The Hall–Kier alpha value is -1.80. The molecule has 86 valence electrons. The van der Waals surface area contributed by atoms with E-state index >= 15 is 0 Å². The lowest BCUT2D eigenvalue weighted by Gasteiger charge is -2.04. The minimum Gasteiger partial charge on any atom is -0.457 e. The van der Waals surface area contributed by atoms with Crippen LogP contribution in [0.3, 0.4) is 0 Å². The summed E-state index contributed by atoms with van der Waals surface area (Å²) in [4.78, 5) is 11.7. The van der Waals surface area contributed by atoms with Crippen LogP contribution in [0.2, 0.25) is 5.02 Å². The fraction of sp³-hybridized carbons (Fsp3) is 0.0714. The van der Waals surface area contributed by atoms with Crippen molar-refractivity contribution in [3.05, 3.63) is 70.7 Å². The molecule has 0 saturated heterocycles. The molecule has 0 aliphatic carbocycles. The van der Waals surface area contributed by atoms with E-state index in [-0.39, 0.29) is 12.6 Å². The molecule has 0 atom stereocenters. The van der Waals surface area contributed by atoms with Crippen LogP contribution in [-0.2, 0) is 11.3 Å². The van der Waals surface area contributed by atoms with Gasteiger partial charge in [-0.25, -0.2) is 4.79 Å². The molecule has 17 heavy (non-hydrogen) atoms. The van der Waals surface area contributed by atoms with Crippen LogP contribution in [-0.4, -0.2) is 5.97 Å². The second-order valence-electron chi connectivity index (χ2n) is 3.57. The summed E-state index contributed by atoms with van der Waals surface area (Å²) < 4.78 is 5.17. The number of carbonyl (C=O) groups excluding carboxylic acids is 1. The molecule has 0 aliphatic heterocycles. The molecule has 2 aromatic rings. The quantitative estimate of drug-likeness (QED) is 0.772. The van der Waals surface area contributed by atoms with Crippen LogP contribution >= 0.6 is 11.6 Å². The highest BCUT2D eigenvalue weighted by molar-refractivity contribution is 6.30. The van der Waals surface area contributed by atoms with Crippen LogP contribution < -0.4 is 0 Å². The van der Waals surface area contributed by atoms with Crippen LogP contribution in [0.5, 0.6) is 0 Å². The van der Waals surface area contributed by atoms with E-state index in [9.17, 15) is 4.79 Å². The van der Waals surface area contributed by atoms with E-state index in [4.69, 9.17) is 16.3 Å². The average molecular weight is 247 g/mol. The number of ether oxygens (including phenoxy) is 1. The van der Waals surface area contributed by atoms with Gasteiger partial charge in [0.2, 0.25) is 0 Å². The fourth-order valence-electron chi connectivity index (χ4n) is 1.39. The summed E-state index contributed by atoms with van der Waals surface area (Å²) in [5.41, 5.74) is 1.47. The predicted molar refractivity (Wildman–Crippen MR) is 67.0 cm³/mol. The third-order valence-corrected chi connectivity index (χ3v) is 2.54. The van der Waals surface area contributed by atoms with Gasteiger partial charge in [-0.3, -0.25) is 0 Å². The summed E-state index contributed by atoms with van der Waals surface area (Å²) >= 11 is 5.74. The second kappa shape index (κ2) is 5.51. The Balaban J connectivity index is 1.96. The Labute approximate surface area is 105 Å². The monoisotopic (exact) mass is 246 g/mol. The van der Waals surface area contributed by atoms with E-state index < -0.39 is 0 Å². The Kier molecular flexibility index (Phi) is 3.78. The first-order valence-corrected chi connectivity index (χ1v) is 5.60. The molecular weight excluding hydrogens is 236 g/mol. The first-order valence-electron chi connectivity index (χ1n) is 5.22. The lowest BCUT2D eigenvalue weighted by molar-refractivity contribution is 0.0473. The van der Waals surface area contributed by atoms with E-state index in [0.717, 1.165) is 5.56 Å². The van der Waals surface area contributed by atoms with Crippen molar-refractivity contribution < 1.29 is 9.53 Å². The van der Waals surface area contributed by atoms with Crippen molar-refractivity contribution >= 4 is 17.6 Å². The van der Waals surface area contributed by atoms with Crippen molar-refractivity contribution in [3.63, 3.8) is 0 Å². The molecule has 2 aromatic carbocycles. The molecule has 0 N–H and O–H groups in total. The van der Waals surface area contributed by atoms with Gasteiger partial charge in [0, 0.05) is 5.02 Å². The van der Waals surface area contributed by atoms with Crippen LogP contribution in [0.1, 0.15) is 15.9 Å². The molecule has 0 amide bonds. The largest absolute Gasteiger partial charge is 0.457 e. The SMILES string of the molecule is O=C(OCc1ccccc1)c1ccc(Cl)cc1. The van der Waals surface area contributed by atoms with E-state index in [2.05, 4.69) is 0 Å². The minimum absolute atomic E-state index is 0.280. The number of halogens is 1. The molecule has 0 heterocycles. The smallest absolute Gasteiger partial charge is 0.338 e. The Morgan fingerprint density at radius 1 is 1.00 bits per heavy atom. The fourth-order valence-corrected chi connectivity index (χ4v) is 1.52. The Morgan fingerprint density at radius 3 is 2.29 bits per heavy atom. The summed E-state index contributed by atoms with van der Waals surface area (Å²) in [6.07, 6.45) is 0. The minimum atomic E-state index is -0.342. The zero-order valence-electron chi connectivity index (χ0n) is 9.10. The summed E-state index contributed by atoms with van der Waals surface area (Å²) in [6.45, 7) is 0.280. The van der Waals surface area contributed by atoms with Gasteiger partial charge in [-0.15, -0.1) is 0 Å². The second-order valence-corrected chi connectivity index (χ2v) is 4.01. The molecule has 0 unspecified atom stereocenters. The Morgan fingerprint density at radius 2 is 1.65 bits per heavy atom.